The molecule has 0 aromatic heterocycles. The quantitative estimate of drug-likeness (QED) is 0.831. The molecule has 1 atom stereocenters. The van der Waals surface area contributed by atoms with E-state index in [1.807, 2.05) is 37.3 Å². The zero-order valence-electron chi connectivity index (χ0n) is 12.1. The first-order chi connectivity index (χ1) is 9.47. The maximum Gasteiger partial charge on any atom is 0.146 e. The summed E-state index contributed by atoms with van der Waals surface area (Å²) in [4.78, 5) is 0. The lowest BCUT2D eigenvalue weighted by atomic mass is 10.0. The summed E-state index contributed by atoms with van der Waals surface area (Å²) < 4.78 is 5.81. The Morgan fingerprint density at radius 3 is 2.05 bits per heavy atom. The first-order valence-corrected chi connectivity index (χ1v) is 7.18. The lowest BCUT2D eigenvalue weighted by molar-refractivity contribution is 0.482. The summed E-state index contributed by atoms with van der Waals surface area (Å²) in [5.41, 5.74) is 8.12. The standard InChI is InChI=1S/C17H20ClNO/c1-11(2)13-4-7-15(8-5-13)20-17-9-6-14(12(3)19)10-16(17)18/h4-12H,19H2,1-3H3. The van der Waals surface area contributed by atoms with Gasteiger partial charge in [0.1, 0.15) is 11.5 Å². The maximum atomic E-state index is 6.22. The summed E-state index contributed by atoms with van der Waals surface area (Å²) >= 11 is 6.22. The molecule has 3 heteroatoms. The Kier molecular flexibility index (Phi) is 4.69. The van der Waals surface area contributed by atoms with Crippen LogP contribution in [-0.4, -0.2) is 0 Å². The van der Waals surface area contributed by atoms with Crippen molar-refractivity contribution in [2.24, 2.45) is 5.73 Å². The van der Waals surface area contributed by atoms with E-state index in [0.717, 1.165) is 11.3 Å². The van der Waals surface area contributed by atoms with Crippen LogP contribution >= 0.6 is 11.6 Å². The largest absolute Gasteiger partial charge is 0.456 e. The van der Waals surface area contributed by atoms with Gasteiger partial charge in [-0.05, 0) is 48.2 Å². The van der Waals surface area contributed by atoms with Gasteiger partial charge in [0.15, 0.2) is 0 Å². The zero-order chi connectivity index (χ0) is 14.7. The van der Waals surface area contributed by atoms with Gasteiger partial charge in [-0.3, -0.25) is 0 Å². The van der Waals surface area contributed by atoms with Crippen LogP contribution in [0.3, 0.4) is 0 Å². The molecule has 0 bridgehead atoms. The highest BCUT2D eigenvalue weighted by Crippen LogP contribution is 2.31. The lowest BCUT2D eigenvalue weighted by Crippen LogP contribution is -2.04. The Bertz CT molecular complexity index is 576. The van der Waals surface area contributed by atoms with Crippen molar-refractivity contribution in [1.29, 1.82) is 0 Å². The second kappa shape index (κ2) is 6.29. The molecule has 2 nitrogen and oxygen atoms in total. The van der Waals surface area contributed by atoms with Crippen molar-refractivity contribution in [2.75, 3.05) is 0 Å². The smallest absolute Gasteiger partial charge is 0.146 e. The van der Waals surface area contributed by atoms with Crippen molar-refractivity contribution < 1.29 is 4.74 Å². The summed E-state index contributed by atoms with van der Waals surface area (Å²) in [7, 11) is 0. The molecule has 0 fully saturated rings. The fraction of sp³-hybridized carbons (Fsp3) is 0.294. The maximum absolute atomic E-state index is 6.22. The van der Waals surface area contributed by atoms with Gasteiger partial charge >= 0.3 is 0 Å². The zero-order valence-corrected chi connectivity index (χ0v) is 12.8. The number of halogens is 1. The molecule has 0 aliphatic heterocycles. The molecule has 0 aliphatic rings. The SMILES string of the molecule is CC(C)c1ccc(Oc2ccc(C(C)N)cc2Cl)cc1. The fourth-order valence-corrected chi connectivity index (χ4v) is 2.16. The van der Waals surface area contributed by atoms with Crippen molar-refractivity contribution in [3.63, 3.8) is 0 Å². The predicted molar refractivity (Wildman–Crippen MR) is 84.7 cm³/mol. The van der Waals surface area contributed by atoms with Crippen molar-refractivity contribution in [3.05, 3.63) is 58.6 Å². The van der Waals surface area contributed by atoms with Gasteiger partial charge in [-0.15, -0.1) is 0 Å². The lowest BCUT2D eigenvalue weighted by Gasteiger charge is -2.12. The molecular weight excluding hydrogens is 270 g/mol. The van der Waals surface area contributed by atoms with Crippen LogP contribution in [0.2, 0.25) is 5.02 Å². The number of hydrogen-bond acceptors (Lipinski definition) is 2. The number of nitrogens with two attached hydrogens (primary N) is 1. The molecule has 2 N–H and O–H groups in total. The highest BCUT2D eigenvalue weighted by Gasteiger charge is 2.07. The summed E-state index contributed by atoms with van der Waals surface area (Å²) in [6, 6.07) is 13.7. The summed E-state index contributed by atoms with van der Waals surface area (Å²) in [5, 5.41) is 0.577. The number of rotatable bonds is 4. The van der Waals surface area contributed by atoms with Gasteiger partial charge in [0, 0.05) is 6.04 Å². The molecule has 0 spiro atoms. The van der Waals surface area contributed by atoms with Crippen molar-refractivity contribution in [2.45, 2.75) is 32.7 Å². The van der Waals surface area contributed by atoms with Crippen LogP contribution < -0.4 is 10.5 Å². The van der Waals surface area contributed by atoms with Crippen LogP contribution in [0.5, 0.6) is 11.5 Å². The molecule has 20 heavy (non-hydrogen) atoms. The van der Waals surface area contributed by atoms with Gasteiger partial charge in [-0.2, -0.15) is 0 Å². The number of hydrogen-bond donors (Lipinski definition) is 1. The third kappa shape index (κ3) is 3.53. The van der Waals surface area contributed by atoms with Gasteiger partial charge in [0.05, 0.1) is 5.02 Å². The normalized spacial score (nSPS) is 12.5. The van der Waals surface area contributed by atoms with Crippen LogP contribution in [0, 0.1) is 0 Å². The van der Waals surface area contributed by atoms with Crippen LogP contribution in [0.1, 0.15) is 43.9 Å². The summed E-state index contributed by atoms with van der Waals surface area (Å²) in [6.07, 6.45) is 0. The average Bonchev–Trinajstić information content (AvgIpc) is 2.41. The predicted octanol–water partition coefficient (Wildman–Crippen LogP) is 5.28. The topological polar surface area (TPSA) is 35.2 Å². The molecule has 106 valence electrons. The molecule has 2 aromatic carbocycles. The first kappa shape index (κ1) is 14.9. The van der Waals surface area contributed by atoms with E-state index >= 15 is 0 Å². The highest BCUT2D eigenvalue weighted by molar-refractivity contribution is 6.32. The molecule has 0 radical (unpaired) electrons. The monoisotopic (exact) mass is 289 g/mol. The Labute approximate surface area is 125 Å². The molecule has 2 aromatic rings. The Hall–Kier alpha value is -1.51. The van der Waals surface area contributed by atoms with E-state index in [2.05, 4.69) is 26.0 Å². The van der Waals surface area contributed by atoms with E-state index in [0.29, 0.717) is 16.7 Å². The third-order valence-electron chi connectivity index (χ3n) is 3.26. The van der Waals surface area contributed by atoms with E-state index in [1.165, 1.54) is 5.56 Å². The van der Waals surface area contributed by atoms with Crippen molar-refractivity contribution in [1.82, 2.24) is 0 Å². The van der Waals surface area contributed by atoms with Crippen LogP contribution in [0.25, 0.3) is 0 Å². The number of benzene rings is 2. The second-order valence-corrected chi connectivity index (χ2v) is 5.71. The summed E-state index contributed by atoms with van der Waals surface area (Å²) in [5.74, 6) is 1.94. The minimum absolute atomic E-state index is 0.0353. The fourth-order valence-electron chi connectivity index (χ4n) is 1.93. The molecule has 2 rings (SSSR count). The molecule has 1 unspecified atom stereocenters. The molecule has 0 heterocycles. The van der Waals surface area contributed by atoms with Crippen molar-refractivity contribution >= 4 is 11.6 Å². The van der Waals surface area contributed by atoms with Gasteiger partial charge < -0.3 is 10.5 Å². The Balaban J connectivity index is 2.17. The van der Waals surface area contributed by atoms with E-state index < -0.39 is 0 Å². The van der Waals surface area contributed by atoms with Crippen LogP contribution in [0.4, 0.5) is 0 Å². The highest BCUT2D eigenvalue weighted by atomic mass is 35.5. The second-order valence-electron chi connectivity index (χ2n) is 5.30. The minimum atomic E-state index is -0.0353. The van der Waals surface area contributed by atoms with Gasteiger partial charge in [0.2, 0.25) is 0 Å². The van der Waals surface area contributed by atoms with E-state index in [-0.39, 0.29) is 6.04 Å². The Morgan fingerprint density at radius 1 is 0.950 bits per heavy atom. The molecular formula is C17H20ClNO. The molecule has 0 aliphatic carbocycles. The molecule has 0 saturated carbocycles. The molecule has 0 saturated heterocycles. The van der Waals surface area contributed by atoms with Gasteiger partial charge in [0.25, 0.3) is 0 Å². The minimum Gasteiger partial charge on any atom is -0.456 e. The van der Waals surface area contributed by atoms with E-state index in [1.54, 1.807) is 0 Å². The average molecular weight is 290 g/mol. The summed E-state index contributed by atoms with van der Waals surface area (Å²) in [6.45, 7) is 6.26. The Morgan fingerprint density at radius 2 is 1.55 bits per heavy atom. The van der Waals surface area contributed by atoms with Crippen LogP contribution in [0.15, 0.2) is 42.5 Å². The number of ether oxygens (including phenoxy) is 1. The van der Waals surface area contributed by atoms with Gasteiger partial charge in [-0.25, -0.2) is 0 Å². The first-order valence-electron chi connectivity index (χ1n) is 6.80. The molecule has 0 amide bonds. The van der Waals surface area contributed by atoms with Crippen molar-refractivity contribution in [3.8, 4) is 11.5 Å². The van der Waals surface area contributed by atoms with E-state index in [9.17, 15) is 0 Å². The third-order valence-corrected chi connectivity index (χ3v) is 3.55. The van der Waals surface area contributed by atoms with Gasteiger partial charge in [-0.1, -0.05) is 43.6 Å². The van der Waals surface area contributed by atoms with E-state index in [4.69, 9.17) is 22.1 Å². The van der Waals surface area contributed by atoms with Crippen LogP contribution in [-0.2, 0) is 0 Å².